The normalized spacial score (nSPS) is 15.1. The number of aliphatic hydroxyl groups excluding tert-OH is 2. The topological polar surface area (TPSA) is 231 Å². The van der Waals surface area contributed by atoms with Crippen LogP contribution in [-0.2, 0) is 55.8 Å². The van der Waals surface area contributed by atoms with Crippen molar-refractivity contribution < 1.29 is 75.8 Å². The fraction of sp³-hybridized carbons (Fsp3) is 0.578. The molecular weight excluding hydrogens is 1310 g/mol. The van der Waals surface area contributed by atoms with E-state index in [1.54, 1.807) is 0 Å². The average Bonchev–Trinajstić information content (AvgIpc) is 3.19. The lowest BCUT2D eigenvalue weighted by molar-refractivity contribution is -0.161. The molecule has 16 nitrogen and oxygen atoms in total. The van der Waals surface area contributed by atoms with Crippen molar-refractivity contribution in [1.29, 1.82) is 0 Å². The van der Waals surface area contributed by atoms with E-state index in [1.165, 1.54) is 19.3 Å². The van der Waals surface area contributed by atoms with E-state index in [4.69, 9.17) is 32.3 Å². The zero-order valence-electron chi connectivity index (χ0n) is 62.0. The van der Waals surface area contributed by atoms with Gasteiger partial charge >= 0.3 is 33.6 Å². The Bertz CT molecular complexity index is 2620. The molecule has 0 rings (SSSR count). The standard InChI is InChI=1S/C83H132O16P2/c1-4-7-10-13-16-19-22-25-28-31-34-35-36-37-38-39-40-41-44-46-48-51-54-57-60-63-66-69-81(86)93-72-78(84)73-95-100(89,90)96-74-79(85)75-97-101(91,92)98-77-80(99-83(88)71-68-65-62-59-56-53-50-47-43-33-30-27-24-21-18-15-12-9-6-3)76-94-82(87)70-67-64-61-58-55-52-49-45-42-32-29-26-23-20-17-14-11-8-5-2/h7-12,16-21,25-30,34-35,37-38,40-43,45,47,52,55,61,64,78-80,84-85H,4-6,13-15,22-24,31-33,36,39,44,46,48-51,53-54,56-60,62-63,65-77H2,1-3H3,(H,89,90)(H,91,92)/b10-7-,11-8-,12-9-,19-16-,20-17-,21-18-,28-25-,29-26-,30-27-,35-34-,38-37-,41-40-,45-42-,47-43-,55-52-,64-61-. The maximum Gasteiger partial charge on any atom is 0.472 e. The van der Waals surface area contributed by atoms with E-state index < -0.39 is 91.5 Å². The number of allylic oxidation sites excluding steroid dienone is 32. The third-order valence-electron chi connectivity index (χ3n) is 14.8. The minimum atomic E-state index is -4.96. The van der Waals surface area contributed by atoms with Gasteiger partial charge in [-0.1, -0.05) is 279 Å². The molecule has 0 heterocycles. The Hall–Kier alpha value is -5.61. The quantitative estimate of drug-likeness (QED) is 0.0146. The van der Waals surface area contributed by atoms with Gasteiger partial charge < -0.3 is 34.2 Å². The van der Waals surface area contributed by atoms with Crippen LogP contribution < -0.4 is 0 Å². The molecule has 0 aliphatic rings. The van der Waals surface area contributed by atoms with E-state index in [0.29, 0.717) is 25.7 Å². The number of esters is 3. The Morgan fingerprint density at radius 1 is 0.277 bits per heavy atom. The van der Waals surface area contributed by atoms with Gasteiger partial charge in [-0.2, -0.15) is 0 Å². The molecule has 0 spiro atoms. The highest BCUT2D eigenvalue weighted by Gasteiger charge is 2.29. The Morgan fingerprint density at radius 3 is 0.842 bits per heavy atom. The van der Waals surface area contributed by atoms with E-state index in [1.807, 2.05) is 18.2 Å². The van der Waals surface area contributed by atoms with Crippen molar-refractivity contribution in [3.63, 3.8) is 0 Å². The van der Waals surface area contributed by atoms with Gasteiger partial charge in [-0.3, -0.25) is 32.5 Å². The van der Waals surface area contributed by atoms with Crippen LogP contribution in [0.2, 0.25) is 0 Å². The van der Waals surface area contributed by atoms with Crippen molar-refractivity contribution in [1.82, 2.24) is 0 Å². The number of hydrogen-bond acceptors (Lipinski definition) is 14. The molecule has 0 aromatic carbocycles. The minimum absolute atomic E-state index is 0.0338. The van der Waals surface area contributed by atoms with E-state index in [0.717, 1.165) is 167 Å². The molecule has 570 valence electrons. The molecule has 0 amide bonds. The molecule has 0 fully saturated rings. The maximum atomic E-state index is 13.0. The number of ether oxygens (including phenoxy) is 3. The van der Waals surface area contributed by atoms with Crippen molar-refractivity contribution in [3.8, 4) is 0 Å². The summed E-state index contributed by atoms with van der Waals surface area (Å²) in [6, 6.07) is 0. The summed E-state index contributed by atoms with van der Waals surface area (Å²) in [5, 5.41) is 20.6. The molecule has 0 aliphatic carbocycles. The van der Waals surface area contributed by atoms with Crippen LogP contribution >= 0.6 is 15.6 Å². The Labute approximate surface area is 610 Å². The van der Waals surface area contributed by atoms with E-state index in [9.17, 15) is 43.5 Å². The smallest absolute Gasteiger partial charge is 0.463 e. The molecule has 0 saturated heterocycles. The predicted molar refractivity (Wildman–Crippen MR) is 417 cm³/mol. The van der Waals surface area contributed by atoms with Crippen LogP contribution in [-0.4, -0.2) is 95.9 Å². The molecule has 18 heteroatoms. The Morgan fingerprint density at radius 2 is 0.515 bits per heavy atom. The molecule has 5 atom stereocenters. The van der Waals surface area contributed by atoms with Crippen molar-refractivity contribution in [2.24, 2.45) is 0 Å². The van der Waals surface area contributed by atoms with E-state index in [2.05, 4.69) is 197 Å². The van der Waals surface area contributed by atoms with Gasteiger partial charge in [-0.25, -0.2) is 9.13 Å². The summed E-state index contributed by atoms with van der Waals surface area (Å²) in [6.07, 6.45) is 96.3. The monoisotopic (exact) mass is 1450 g/mol. The second-order valence-corrected chi connectivity index (χ2v) is 27.2. The summed E-state index contributed by atoms with van der Waals surface area (Å²) in [7, 11) is -9.83. The highest BCUT2D eigenvalue weighted by Crippen LogP contribution is 2.45. The maximum absolute atomic E-state index is 13.0. The lowest BCUT2D eigenvalue weighted by Gasteiger charge is -2.21. The largest absolute Gasteiger partial charge is 0.472 e. The highest BCUT2D eigenvalue weighted by atomic mass is 31.2. The molecule has 101 heavy (non-hydrogen) atoms. The fourth-order valence-corrected chi connectivity index (χ4v) is 10.8. The summed E-state index contributed by atoms with van der Waals surface area (Å²) >= 11 is 0. The number of carbonyl (C=O) groups excluding carboxylic acids is 3. The highest BCUT2D eigenvalue weighted by molar-refractivity contribution is 7.47. The summed E-state index contributed by atoms with van der Waals surface area (Å²) in [5.41, 5.74) is 0. The first kappa shape index (κ1) is 95.4. The van der Waals surface area contributed by atoms with Gasteiger partial charge in [0, 0.05) is 19.3 Å². The van der Waals surface area contributed by atoms with Crippen molar-refractivity contribution in [3.05, 3.63) is 194 Å². The van der Waals surface area contributed by atoms with Crippen LogP contribution in [0, 0.1) is 0 Å². The first-order valence-electron chi connectivity index (χ1n) is 37.7. The first-order valence-corrected chi connectivity index (χ1v) is 40.7. The summed E-state index contributed by atoms with van der Waals surface area (Å²) in [6.45, 7) is 2.19. The summed E-state index contributed by atoms with van der Waals surface area (Å²) in [4.78, 5) is 58.6. The predicted octanol–water partition coefficient (Wildman–Crippen LogP) is 22.0. The molecule has 0 bridgehead atoms. The Balaban J connectivity index is 4.72. The van der Waals surface area contributed by atoms with Crippen LogP contribution in [0.4, 0.5) is 0 Å². The van der Waals surface area contributed by atoms with Crippen LogP contribution in [0.3, 0.4) is 0 Å². The van der Waals surface area contributed by atoms with Crippen molar-refractivity contribution in [2.45, 2.75) is 270 Å². The Kier molecular flexibility index (Phi) is 70.0. The third kappa shape index (κ3) is 75.4. The van der Waals surface area contributed by atoms with Gasteiger partial charge in [0.05, 0.1) is 26.4 Å². The molecule has 0 aromatic heterocycles. The number of hydrogen-bond donors (Lipinski definition) is 4. The van der Waals surface area contributed by atoms with Crippen LogP contribution in [0.1, 0.15) is 252 Å². The van der Waals surface area contributed by atoms with E-state index in [-0.39, 0.29) is 19.3 Å². The molecule has 0 aromatic rings. The zero-order valence-corrected chi connectivity index (χ0v) is 63.8. The molecular formula is C83H132O16P2. The number of phosphoric acid groups is 2. The number of rotatable bonds is 69. The van der Waals surface area contributed by atoms with Crippen molar-refractivity contribution in [2.75, 3.05) is 39.6 Å². The molecule has 5 unspecified atom stereocenters. The number of phosphoric ester groups is 2. The minimum Gasteiger partial charge on any atom is -0.463 e. The van der Waals surface area contributed by atoms with Gasteiger partial charge in [-0.05, 0) is 148 Å². The summed E-state index contributed by atoms with van der Waals surface area (Å²) in [5.74, 6) is -1.71. The number of aliphatic hydroxyl groups is 2. The third-order valence-corrected chi connectivity index (χ3v) is 16.7. The van der Waals surface area contributed by atoms with Gasteiger partial charge in [-0.15, -0.1) is 0 Å². The van der Waals surface area contributed by atoms with Crippen LogP contribution in [0.5, 0.6) is 0 Å². The lowest BCUT2D eigenvalue weighted by Crippen LogP contribution is -2.30. The van der Waals surface area contributed by atoms with Gasteiger partial charge in [0.2, 0.25) is 0 Å². The molecule has 4 N–H and O–H groups in total. The molecule has 0 aliphatic heterocycles. The lowest BCUT2D eigenvalue weighted by atomic mass is 10.1. The average molecular weight is 1450 g/mol. The van der Waals surface area contributed by atoms with Gasteiger partial charge in [0.25, 0.3) is 0 Å². The second-order valence-electron chi connectivity index (χ2n) is 24.3. The molecule has 0 radical (unpaired) electrons. The SMILES string of the molecule is CC/C=C\C/C=C\C/C=C\C/C=C\C/C=C\C/C=C\CCCCCCCCCCC(=O)OCC(O)COP(=O)(O)OCC(O)COP(=O)(O)OCC(COC(=O)CC/C=C\C/C=C\C/C=C\C/C=C\C/C=C\C/C=C\CC)OC(=O)CCCCCCCC/C=C\C/C=C\C/C=C\C/C=C\CC. The number of unbranched alkanes of at least 4 members (excludes halogenated alkanes) is 14. The van der Waals surface area contributed by atoms with E-state index >= 15 is 0 Å². The van der Waals surface area contributed by atoms with Gasteiger partial charge in [0.1, 0.15) is 25.4 Å². The van der Waals surface area contributed by atoms with Gasteiger partial charge in [0.15, 0.2) is 6.10 Å². The first-order chi connectivity index (χ1) is 49.2. The van der Waals surface area contributed by atoms with Crippen molar-refractivity contribution >= 4 is 33.6 Å². The second kappa shape index (κ2) is 74.1. The number of carbonyl (C=O) groups is 3. The molecule has 0 saturated carbocycles. The zero-order chi connectivity index (χ0) is 73.7. The fourth-order valence-electron chi connectivity index (χ4n) is 9.18. The van der Waals surface area contributed by atoms with Crippen LogP contribution in [0.25, 0.3) is 0 Å². The van der Waals surface area contributed by atoms with Crippen LogP contribution in [0.15, 0.2) is 194 Å². The summed E-state index contributed by atoms with van der Waals surface area (Å²) < 4.78 is 61.0.